The maximum Gasteiger partial charge on any atom is 0.150 e. The van der Waals surface area contributed by atoms with Gasteiger partial charge in [0.05, 0.1) is 30.7 Å². The van der Waals surface area contributed by atoms with Gasteiger partial charge in [-0.3, -0.25) is 4.68 Å². The van der Waals surface area contributed by atoms with Crippen LogP contribution in [-0.4, -0.2) is 38.4 Å². The Bertz CT molecular complexity index is 1050. The molecule has 0 amide bonds. The zero-order valence-corrected chi connectivity index (χ0v) is 15.0. The molecule has 138 valence electrons. The molecule has 4 aromatic heterocycles. The molecule has 0 atom stereocenters. The van der Waals surface area contributed by atoms with Gasteiger partial charge in [-0.2, -0.15) is 5.10 Å². The first-order valence-electron chi connectivity index (χ1n) is 8.68. The van der Waals surface area contributed by atoms with Crippen LogP contribution in [0.25, 0.3) is 22.3 Å². The van der Waals surface area contributed by atoms with Crippen LogP contribution in [0.2, 0.25) is 0 Å². The van der Waals surface area contributed by atoms with Crippen LogP contribution in [0.1, 0.15) is 5.56 Å². The van der Waals surface area contributed by atoms with E-state index in [0.29, 0.717) is 31.2 Å². The molecule has 4 rings (SSSR count). The smallest absolute Gasteiger partial charge is 0.150 e. The standard InChI is InChI=1S/C19H21N7O/c1-27-8-7-26-12-14(11-24-26)17-5-4-16(20)19(25-17)23-10-13-9-22-18-15(13)3-2-6-21-18/h2-6,9,11-12H,7-8,10,20H2,1H3,(H,21,22)(H,23,25). The van der Waals surface area contributed by atoms with E-state index in [9.17, 15) is 0 Å². The molecule has 0 aromatic carbocycles. The first-order chi connectivity index (χ1) is 13.2. The molecule has 0 unspecified atom stereocenters. The Balaban J connectivity index is 1.53. The maximum atomic E-state index is 6.11. The van der Waals surface area contributed by atoms with Gasteiger partial charge in [-0.1, -0.05) is 0 Å². The zero-order valence-electron chi connectivity index (χ0n) is 15.0. The van der Waals surface area contributed by atoms with Crippen molar-refractivity contribution in [2.24, 2.45) is 0 Å². The second kappa shape index (κ2) is 7.46. The molecule has 0 saturated carbocycles. The van der Waals surface area contributed by atoms with Gasteiger partial charge in [-0.15, -0.1) is 0 Å². The highest BCUT2D eigenvalue weighted by molar-refractivity contribution is 5.80. The van der Waals surface area contributed by atoms with Gasteiger partial charge in [-0.25, -0.2) is 9.97 Å². The van der Waals surface area contributed by atoms with E-state index in [4.69, 9.17) is 10.5 Å². The van der Waals surface area contributed by atoms with Crippen LogP contribution >= 0.6 is 0 Å². The Morgan fingerprint density at radius 3 is 3.11 bits per heavy atom. The molecule has 0 aliphatic heterocycles. The Morgan fingerprint density at radius 2 is 2.22 bits per heavy atom. The third-order valence-corrected chi connectivity index (χ3v) is 4.36. The molecule has 27 heavy (non-hydrogen) atoms. The Morgan fingerprint density at radius 1 is 1.30 bits per heavy atom. The fourth-order valence-corrected chi connectivity index (χ4v) is 2.91. The average molecular weight is 363 g/mol. The van der Waals surface area contributed by atoms with Crippen LogP contribution in [0.3, 0.4) is 0 Å². The van der Waals surface area contributed by atoms with Gasteiger partial charge in [0.1, 0.15) is 11.5 Å². The lowest BCUT2D eigenvalue weighted by Crippen LogP contribution is -2.05. The van der Waals surface area contributed by atoms with Crippen molar-refractivity contribution in [3.05, 3.63) is 54.6 Å². The SMILES string of the molecule is COCCn1cc(-c2ccc(N)c(NCc3c[nH]c4ncccc34)n2)cn1. The first-order valence-corrected chi connectivity index (χ1v) is 8.68. The minimum atomic E-state index is 0.597. The zero-order chi connectivity index (χ0) is 18.6. The maximum absolute atomic E-state index is 6.11. The third-order valence-electron chi connectivity index (χ3n) is 4.36. The second-order valence-corrected chi connectivity index (χ2v) is 6.19. The molecule has 0 fully saturated rings. The van der Waals surface area contributed by atoms with E-state index in [0.717, 1.165) is 27.9 Å². The number of rotatable bonds is 7. The fraction of sp³-hybridized carbons (Fsp3) is 0.211. The topological polar surface area (TPSA) is 107 Å². The number of ether oxygens (including phenoxy) is 1. The summed E-state index contributed by atoms with van der Waals surface area (Å²) in [7, 11) is 1.67. The van der Waals surface area contributed by atoms with Gasteiger partial charge in [0.15, 0.2) is 0 Å². The molecule has 0 aliphatic rings. The Labute approximate surface area is 156 Å². The van der Waals surface area contributed by atoms with Crippen molar-refractivity contribution < 1.29 is 4.74 Å². The van der Waals surface area contributed by atoms with Crippen molar-refractivity contribution in [2.75, 3.05) is 24.8 Å². The van der Waals surface area contributed by atoms with Crippen LogP contribution in [-0.2, 0) is 17.8 Å². The molecule has 0 bridgehead atoms. The van der Waals surface area contributed by atoms with Crippen LogP contribution in [0, 0.1) is 0 Å². The molecule has 8 heteroatoms. The van der Waals surface area contributed by atoms with Crippen molar-refractivity contribution in [3.8, 4) is 11.3 Å². The van der Waals surface area contributed by atoms with E-state index < -0.39 is 0 Å². The summed E-state index contributed by atoms with van der Waals surface area (Å²) in [6, 6.07) is 7.72. The number of methoxy groups -OCH3 is 1. The molecule has 4 N–H and O–H groups in total. The highest BCUT2D eigenvalue weighted by Crippen LogP contribution is 2.24. The Kier molecular flexibility index (Phi) is 4.71. The van der Waals surface area contributed by atoms with Gasteiger partial charge in [0, 0.05) is 43.2 Å². The van der Waals surface area contributed by atoms with E-state index in [1.165, 1.54) is 0 Å². The van der Waals surface area contributed by atoms with Crippen molar-refractivity contribution in [2.45, 2.75) is 13.1 Å². The van der Waals surface area contributed by atoms with Crippen molar-refractivity contribution in [1.82, 2.24) is 24.7 Å². The molecular formula is C19H21N7O. The fourth-order valence-electron chi connectivity index (χ4n) is 2.91. The number of nitrogens with zero attached hydrogens (tertiary/aromatic N) is 4. The lowest BCUT2D eigenvalue weighted by Gasteiger charge is -2.09. The number of anilines is 2. The number of pyridine rings is 2. The highest BCUT2D eigenvalue weighted by Gasteiger charge is 2.09. The van der Waals surface area contributed by atoms with Gasteiger partial charge >= 0.3 is 0 Å². The van der Waals surface area contributed by atoms with E-state index in [1.807, 2.05) is 41.3 Å². The molecule has 0 aliphatic carbocycles. The number of aromatic amines is 1. The molecule has 0 radical (unpaired) electrons. The molecule has 4 aromatic rings. The normalized spacial score (nSPS) is 11.1. The van der Waals surface area contributed by atoms with Crippen molar-refractivity contribution in [3.63, 3.8) is 0 Å². The summed E-state index contributed by atoms with van der Waals surface area (Å²) in [5.74, 6) is 0.649. The van der Waals surface area contributed by atoms with Crippen molar-refractivity contribution >= 4 is 22.5 Å². The van der Waals surface area contributed by atoms with E-state index >= 15 is 0 Å². The number of fused-ring (bicyclic) bond motifs is 1. The monoisotopic (exact) mass is 363 g/mol. The van der Waals surface area contributed by atoms with Gasteiger partial charge in [0.2, 0.25) is 0 Å². The molecule has 8 nitrogen and oxygen atoms in total. The number of aromatic nitrogens is 5. The number of nitrogens with two attached hydrogens (primary N) is 1. The molecule has 4 heterocycles. The summed E-state index contributed by atoms with van der Waals surface area (Å²) in [6.45, 7) is 1.91. The molecule has 0 saturated heterocycles. The van der Waals surface area contributed by atoms with E-state index in [2.05, 4.69) is 25.4 Å². The lowest BCUT2D eigenvalue weighted by molar-refractivity contribution is 0.183. The summed E-state index contributed by atoms with van der Waals surface area (Å²) in [4.78, 5) is 12.2. The van der Waals surface area contributed by atoms with Gasteiger partial charge in [0.25, 0.3) is 0 Å². The second-order valence-electron chi connectivity index (χ2n) is 6.19. The summed E-state index contributed by atoms with van der Waals surface area (Å²) in [5.41, 5.74) is 10.4. The van der Waals surface area contributed by atoms with E-state index in [-0.39, 0.29) is 0 Å². The number of hydrogen-bond donors (Lipinski definition) is 3. The van der Waals surface area contributed by atoms with Crippen LogP contribution in [0.15, 0.2) is 49.1 Å². The first kappa shape index (κ1) is 17.0. The van der Waals surface area contributed by atoms with E-state index in [1.54, 1.807) is 19.5 Å². The Hall–Kier alpha value is -3.39. The highest BCUT2D eigenvalue weighted by atomic mass is 16.5. The summed E-state index contributed by atoms with van der Waals surface area (Å²) in [5, 5.41) is 8.75. The average Bonchev–Trinajstić information content (AvgIpc) is 3.33. The summed E-state index contributed by atoms with van der Waals surface area (Å²) >= 11 is 0. The minimum Gasteiger partial charge on any atom is -0.396 e. The number of nitrogens with one attached hydrogen (secondary N) is 2. The summed E-state index contributed by atoms with van der Waals surface area (Å²) < 4.78 is 6.92. The van der Waals surface area contributed by atoms with Crippen molar-refractivity contribution in [1.29, 1.82) is 0 Å². The third kappa shape index (κ3) is 3.61. The van der Waals surface area contributed by atoms with Crippen LogP contribution in [0.5, 0.6) is 0 Å². The predicted octanol–water partition coefficient (Wildman–Crippen LogP) is 2.66. The number of H-pyrrole nitrogens is 1. The van der Waals surface area contributed by atoms with Gasteiger partial charge in [-0.05, 0) is 29.8 Å². The van der Waals surface area contributed by atoms with Crippen LogP contribution in [0.4, 0.5) is 11.5 Å². The summed E-state index contributed by atoms with van der Waals surface area (Å²) in [6.07, 6.45) is 7.46. The lowest BCUT2D eigenvalue weighted by atomic mass is 10.2. The minimum absolute atomic E-state index is 0.597. The van der Waals surface area contributed by atoms with Crippen LogP contribution < -0.4 is 11.1 Å². The quantitative estimate of drug-likeness (QED) is 0.466. The largest absolute Gasteiger partial charge is 0.396 e. The molecule has 0 spiro atoms. The van der Waals surface area contributed by atoms with Gasteiger partial charge < -0.3 is 20.8 Å². The number of hydrogen-bond acceptors (Lipinski definition) is 6. The predicted molar refractivity (Wildman–Crippen MR) is 105 cm³/mol. The molecular weight excluding hydrogens is 342 g/mol. The number of nitrogen functional groups attached to an aromatic ring is 1.